The lowest BCUT2D eigenvalue weighted by molar-refractivity contribution is -0.0389. The number of nitrogens with zero attached hydrogens (tertiary/aromatic N) is 5. The zero-order chi connectivity index (χ0) is 15.4. The van der Waals surface area contributed by atoms with Gasteiger partial charge in [0.1, 0.15) is 12.4 Å². The predicted molar refractivity (Wildman–Crippen MR) is 80.5 cm³/mol. The molecule has 1 saturated heterocycles. The summed E-state index contributed by atoms with van der Waals surface area (Å²) in [5, 5.41) is 8.19. The molecule has 7 heteroatoms. The van der Waals surface area contributed by atoms with Crippen LogP contribution >= 0.6 is 0 Å². The molecule has 0 saturated carbocycles. The van der Waals surface area contributed by atoms with Gasteiger partial charge in [-0.25, -0.2) is 4.98 Å². The molecule has 3 heterocycles. The van der Waals surface area contributed by atoms with E-state index in [-0.39, 0.29) is 6.10 Å². The summed E-state index contributed by atoms with van der Waals surface area (Å²) in [6.07, 6.45) is 3.59. The quantitative estimate of drug-likeness (QED) is 0.829. The second-order valence-electron chi connectivity index (χ2n) is 5.28. The summed E-state index contributed by atoms with van der Waals surface area (Å²) in [4.78, 5) is 6.61. The van der Waals surface area contributed by atoms with Crippen molar-refractivity contribution in [3.8, 4) is 5.88 Å². The van der Waals surface area contributed by atoms with Gasteiger partial charge in [-0.2, -0.15) is 0 Å². The Morgan fingerprint density at radius 3 is 3.05 bits per heavy atom. The number of methoxy groups -OCH3 is 1. The van der Waals surface area contributed by atoms with Gasteiger partial charge in [0, 0.05) is 38.4 Å². The third-order valence-electron chi connectivity index (χ3n) is 3.84. The molecular weight excluding hydrogens is 282 g/mol. The van der Waals surface area contributed by atoms with Crippen LogP contribution in [0.15, 0.2) is 24.7 Å². The maximum absolute atomic E-state index is 5.87. The van der Waals surface area contributed by atoms with Crippen LogP contribution in [0, 0.1) is 0 Å². The predicted octanol–water partition coefficient (Wildman–Crippen LogP) is 1.28. The first-order valence-electron chi connectivity index (χ1n) is 7.50. The lowest BCUT2D eigenvalue weighted by Crippen LogP contribution is -2.38. The molecule has 1 aliphatic heterocycles. The van der Waals surface area contributed by atoms with Gasteiger partial charge in [0.05, 0.1) is 13.7 Å². The molecule has 0 spiro atoms. The van der Waals surface area contributed by atoms with E-state index in [2.05, 4.69) is 27.0 Å². The molecule has 118 valence electrons. The first kappa shape index (κ1) is 14.9. The van der Waals surface area contributed by atoms with Crippen LogP contribution < -0.4 is 4.74 Å². The van der Waals surface area contributed by atoms with Gasteiger partial charge in [-0.05, 0) is 12.5 Å². The highest BCUT2D eigenvalue weighted by Gasteiger charge is 2.25. The molecule has 0 N–H and O–H groups in total. The number of morpholine rings is 1. The highest BCUT2D eigenvalue weighted by molar-refractivity contribution is 5.17. The molecule has 1 aliphatic rings. The fourth-order valence-electron chi connectivity index (χ4n) is 2.64. The molecule has 2 aromatic heterocycles. The van der Waals surface area contributed by atoms with E-state index in [1.807, 2.05) is 22.9 Å². The smallest absolute Gasteiger partial charge is 0.212 e. The van der Waals surface area contributed by atoms with Crippen molar-refractivity contribution in [2.75, 3.05) is 26.8 Å². The van der Waals surface area contributed by atoms with Crippen LogP contribution in [0.1, 0.15) is 24.4 Å². The van der Waals surface area contributed by atoms with Crippen LogP contribution in [0.4, 0.5) is 0 Å². The Bertz CT molecular complexity index is 598. The summed E-state index contributed by atoms with van der Waals surface area (Å²) >= 11 is 0. The van der Waals surface area contributed by atoms with Gasteiger partial charge in [-0.3, -0.25) is 4.90 Å². The fraction of sp³-hybridized carbons (Fsp3) is 0.533. The van der Waals surface area contributed by atoms with Crippen LogP contribution in [0.25, 0.3) is 0 Å². The molecule has 7 nitrogen and oxygen atoms in total. The number of aryl methyl sites for hydroxylation is 1. The minimum Gasteiger partial charge on any atom is -0.481 e. The lowest BCUT2D eigenvalue weighted by Gasteiger charge is -2.32. The second kappa shape index (κ2) is 6.85. The van der Waals surface area contributed by atoms with Gasteiger partial charge in [0.2, 0.25) is 5.88 Å². The van der Waals surface area contributed by atoms with Gasteiger partial charge < -0.3 is 14.0 Å². The maximum atomic E-state index is 5.87. The van der Waals surface area contributed by atoms with Crippen LogP contribution in [0.5, 0.6) is 5.88 Å². The van der Waals surface area contributed by atoms with Gasteiger partial charge >= 0.3 is 0 Å². The van der Waals surface area contributed by atoms with Gasteiger partial charge in [0.15, 0.2) is 5.82 Å². The van der Waals surface area contributed by atoms with Crippen molar-refractivity contribution in [1.82, 2.24) is 24.6 Å². The van der Waals surface area contributed by atoms with Gasteiger partial charge in [-0.15, -0.1) is 10.2 Å². The molecule has 0 radical (unpaired) electrons. The minimum absolute atomic E-state index is 0.0255. The summed E-state index contributed by atoms with van der Waals surface area (Å²) in [6.45, 7) is 6.19. The normalized spacial score (nSPS) is 19.3. The highest BCUT2D eigenvalue weighted by Crippen LogP contribution is 2.21. The number of aromatic nitrogens is 4. The van der Waals surface area contributed by atoms with E-state index >= 15 is 0 Å². The molecule has 22 heavy (non-hydrogen) atoms. The molecule has 0 aromatic carbocycles. The van der Waals surface area contributed by atoms with Crippen molar-refractivity contribution >= 4 is 0 Å². The molecule has 0 bridgehead atoms. The van der Waals surface area contributed by atoms with E-state index in [1.54, 1.807) is 13.4 Å². The molecule has 1 atom stereocenters. The van der Waals surface area contributed by atoms with Crippen molar-refractivity contribution in [2.45, 2.75) is 26.1 Å². The third-order valence-corrected chi connectivity index (χ3v) is 3.84. The number of pyridine rings is 1. The Balaban J connectivity index is 1.65. The number of hydrogen-bond donors (Lipinski definition) is 0. The topological polar surface area (TPSA) is 65.3 Å². The Labute approximate surface area is 129 Å². The highest BCUT2D eigenvalue weighted by atomic mass is 16.5. The fourth-order valence-corrected chi connectivity index (χ4v) is 2.64. The molecule has 2 aromatic rings. The molecule has 0 aliphatic carbocycles. The first-order chi connectivity index (χ1) is 10.8. The molecule has 3 rings (SSSR count). The van der Waals surface area contributed by atoms with Crippen molar-refractivity contribution in [3.05, 3.63) is 36.0 Å². The third kappa shape index (κ3) is 3.26. The average Bonchev–Trinajstić information content (AvgIpc) is 3.04. The molecule has 0 unspecified atom stereocenters. The Morgan fingerprint density at radius 2 is 2.32 bits per heavy atom. The summed E-state index contributed by atoms with van der Waals surface area (Å²) in [5.41, 5.74) is 1.17. The zero-order valence-electron chi connectivity index (χ0n) is 13.0. The molecule has 1 fully saturated rings. The molecule has 0 amide bonds. The maximum Gasteiger partial charge on any atom is 0.212 e. The van der Waals surface area contributed by atoms with Crippen LogP contribution in [-0.2, 0) is 17.8 Å². The Hall–Kier alpha value is -1.99. The second-order valence-corrected chi connectivity index (χ2v) is 5.28. The van der Waals surface area contributed by atoms with Crippen molar-refractivity contribution < 1.29 is 9.47 Å². The van der Waals surface area contributed by atoms with Crippen LogP contribution in [0.2, 0.25) is 0 Å². The standard InChI is InChI=1S/C15H21N5O2/c1-3-20-11-17-18-15(20)13-10-19(6-7-22-13)9-12-4-5-14(21-2)16-8-12/h4-5,8,11,13H,3,6-7,9-10H2,1-2H3/t13-/m1/s1. The average molecular weight is 303 g/mol. The zero-order valence-corrected chi connectivity index (χ0v) is 13.0. The first-order valence-corrected chi connectivity index (χ1v) is 7.50. The summed E-state index contributed by atoms with van der Waals surface area (Å²) in [5.74, 6) is 1.54. The molecular formula is C15H21N5O2. The van der Waals surface area contributed by atoms with E-state index in [9.17, 15) is 0 Å². The largest absolute Gasteiger partial charge is 0.481 e. The van der Waals surface area contributed by atoms with Gasteiger partial charge in [0.25, 0.3) is 0 Å². The van der Waals surface area contributed by atoms with Crippen molar-refractivity contribution in [2.24, 2.45) is 0 Å². The van der Waals surface area contributed by atoms with E-state index in [4.69, 9.17) is 9.47 Å². The SMILES string of the molecule is CCn1cnnc1[C@H]1CN(Cc2ccc(OC)nc2)CCO1. The van der Waals surface area contributed by atoms with E-state index < -0.39 is 0 Å². The Kier molecular flexibility index (Phi) is 4.65. The minimum atomic E-state index is -0.0255. The van der Waals surface area contributed by atoms with E-state index in [0.717, 1.165) is 32.0 Å². The summed E-state index contributed by atoms with van der Waals surface area (Å²) in [6, 6.07) is 3.94. The van der Waals surface area contributed by atoms with E-state index in [1.165, 1.54) is 5.56 Å². The number of hydrogen-bond acceptors (Lipinski definition) is 6. The number of rotatable bonds is 5. The van der Waals surface area contributed by atoms with Gasteiger partial charge in [-0.1, -0.05) is 6.07 Å². The van der Waals surface area contributed by atoms with E-state index in [0.29, 0.717) is 12.5 Å². The number of ether oxygens (including phenoxy) is 2. The Morgan fingerprint density at radius 1 is 1.41 bits per heavy atom. The summed E-state index contributed by atoms with van der Waals surface area (Å²) < 4.78 is 13.0. The lowest BCUT2D eigenvalue weighted by atomic mass is 10.2. The van der Waals surface area contributed by atoms with Crippen LogP contribution in [0.3, 0.4) is 0 Å². The van der Waals surface area contributed by atoms with Crippen molar-refractivity contribution in [3.63, 3.8) is 0 Å². The van der Waals surface area contributed by atoms with Crippen molar-refractivity contribution in [1.29, 1.82) is 0 Å². The summed E-state index contributed by atoms with van der Waals surface area (Å²) in [7, 11) is 1.62. The van der Waals surface area contributed by atoms with Crippen LogP contribution in [-0.4, -0.2) is 51.5 Å². The monoisotopic (exact) mass is 303 g/mol.